The quantitative estimate of drug-likeness (QED) is 0.352. The van der Waals surface area contributed by atoms with Gasteiger partial charge in [0.25, 0.3) is 0 Å². The fourth-order valence-electron chi connectivity index (χ4n) is 1.16. The molecule has 0 aromatic carbocycles. The van der Waals surface area contributed by atoms with E-state index in [0.29, 0.717) is 31.6 Å². The zero-order valence-electron chi connectivity index (χ0n) is 9.68. The maximum atomic E-state index is 11.4. The maximum Gasteiger partial charge on any atom is 0.313 e. The van der Waals surface area contributed by atoms with Crippen molar-refractivity contribution in [1.82, 2.24) is 15.6 Å². The number of hydrogen-bond donors (Lipinski definition) is 3. The van der Waals surface area contributed by atoms with Gasteiger partial charge in [-0.2, -0.15) is 0 Å². The van der Waals surface area contributed by atoms with Crippen LogP contribution >= 0.6 is 0 Å². The lowest BCUT2D eigenvalue weighted by Crippen LogP contribution is -2.36. The molecule has 0 saturated heterocycles. The molecule has 0 aliphatic heterocycles. The van der Waals surface area contributed by atoms with Gasteiger partial charge < -0.3 is 16.0 Å². The summed E-state index contributed by atoms with van der Waals surface area (Å²) >= 11 is 0. The summed E-state index contributed by atoms with van der Waals surface area (Å²) in [5, 5.41) is 7.29. The predicted octanol–water partition coefficient (Wildman–Crippen LogP) is -0.728. The van der Waals surface area contributed by atoms with Crippen LogP contribution in [0.15, 0.2) is 24.5 Å². The summed E-state index contributed by atoms with van der Waals surface area (Å²) in [5.74, 6) is -1.46. The van der Waals surface area contributed by atoms with E-state index >= 15 is 0 Å². The van der Waals surface area contributed by atoms with Gasteiger partial charge in [-0.25, -0.2) is 0 Å². The van der Waals surface area contributed by atoms with E-state index in [-0.39, 0.29) is 0 Å². The Bertz CT molecular complexity index is 408. The molecule has 96 valence electrons. The topological polar surface area (TPSA) is 100 Å². The third kappa shape index (κ3) is 5.06. The molecule has 7 heteroatoms. The van der Waals surface area contributed by atoms with Gasteiger partial charge in [-0.3, -0.25) is 19.4 Å². The lowest BCUT2D eigenvalue weighted by molar-refractivity contribution is -0.136. The average Bonchev–Trinajstić information content (AvgIpc) is 2.39. The van der Waals surface area contributed by atoms with Crippen LogP contribution in [0.2, 0.25) is 0 Å². The number of carbonyl (C=O) groups excluding carboxylic acids is 3. The smallest absolute Gasteiger partial charge is 0.313 e. The Morgan fingerprint density at radius 2 is 2.11 bits per heavy atom. The highest BCUT2D eigenvalue weighted by Gasteiger charge is 2.12. The first-order valence-electron chi connectivity index (χ1n) is 5.40. The van der Waals surface area contributed by atoms with Gasteiger partial charge in [0.15, 0.2) is 0 Å². The van der Waals surface area contributed by atoms with Gasteiger partial charge >= 0.3 is 11.8 Å². The van der Waals surface area contributed by atoms with Gasteiger partial charge in [0.1, 0.15) is 0 Å². The van der Waals surface area contributed by atoms with Crippen molar-refractivity contribution in [2.45, 2.75) is 6.42 Å². The van der Waals surface area contributed by atoms with Crippen molar-refractivity contribution in [2.75, 3.05) is 18.4 Å². The Balaban J connectivity index is 2.25. The van der Waals surface area contributed by atoms with Crippen LogP contribution in [0.4, 0.5) is 5.69 Å². The summed E-state index contributed by atoms with van der Waals surface area (Å²) in [5.41, 5.74) is 0.459. The second-order valence-corrected chi connectivity index (χ2v) is 3.38. The molecule has 0 atom stereocenters. The second kappa shape index (κ2) is 7.77. The van der Waals surface area contributed by atoms with Crippen LogP contribution in [0, 0.1) is 0 Å². The van der Waals surface area contributed by atoms with Crippen LogP contribution in [0.3, 0.4) is 0 Å². The summed E-state index contributed by atoms with van der Waals surface area (Å²) in [6.45, 7) is 0.772. The predicted molar refractivity (Wildman–Crippen MR) is 64.6 cm³/mol. The number of nitrogens with zero attached hydrogens (tertiary/aromatic N) is 1. The molecule has 7 nitrogen and oxygen atoms in total. The van der Waals surface area contributed by atoms with Crippen molar-refractivity contribution >= 4 is 23.9 Å². The number of anilines is 1. The van der Waals surface area contributed by atoms with Crippen molar-refractivity contribution in [3.63, 3.8) is 0 Å². The van der Waals surface area contributed by atoms with E-state index in [2.05, 4.69) is 20.9 Å². The maximum absolute atomic E-state index is 11.4. The van der Waals surface area contributed by atoms with Crippen LogP contribution in [0.25, 0.3) is 0 Å². The Kier molecular flexibility index (Phi) is 5.88. The monoisotopic (exact) mass is 250 g/mol. The molecule has 1 rings (SSSR count). The molecule has 3 amide bonds. The van der Waals surface area contributed by atoms with E-state index in [1.807, 2.05) is 0 Å². The fraction of sp³-hybridized carbons (Fsp3) is 0.273. The molecule has 1 aromatic rings. The van der Waals surface area contributed by atoms with E-state index in [9.17, 15) is 14.4 Å². The first-order chi connectivity index (χ1) is 8.74. The summed E-state index contributed by atoms with van der Waals surface area (Å²) in [7, 11) is 0. The van der Waals surface area contributed by atoms with Crippen molar-refractivity contribution < 1.29 is 14.4 Å². The van der Waals surface area contributed by atoms with Gasteiger partial charge in [-0.1, -0.05) is 0 Å². The SMILES string of the molecule is O=CNCCCNC(=O)C(=O)Nc1cccnc1. The van der Waals surface area contributed by atoms with Crippen molar-refractivity contribution in [3.05, 3.63) is 24.5 Å². The summed E-state index contributed by atoms with van der Waals surface area (Å²) in [4.78, 5) is 36.5. The molecular weight excluding hydrogens is 236 g/mol. The number of amides is 3. The Hall–Kier alpha value is -2.44. The lowest BCUT2D eigenvalue weighted by atomic mass is 10.4. The van der Waals surface area contributed by atoms with Gasteiger partial charge in [0, 0.05) is 19.3 Å². The highest BCUT2D eigenvalue weighted by molar-refractivity contribution is 6.39. The standard InChI is InChI=1S/C11H14N4O3/c16-8-13-5-2-6-14-10(17)11(18)15-9-3-1-4-12-7-9/h1,3-4,7-8H,2,5-6H2,(H,13,16)(H,14,17)(H,15,18). The molecule has 18 heavy (non-hydrogen) atoms. The highest BCUT2D eigenvalue weighted by Crippen LogP contribution is 2.01. The van der Waals surface area contributed by atoms with Crippen LogP contribution < -0.4 is 16.0 Å². The Labute approximate surface area is 104 Å². The summed E-state index contributed by atoms with van der Waals surface area (Å²) in [6.07, 6.45) is 4.15. The molecule has 0 fully saturated rings. The minimum Gasteiger partial charge on any atom is -0.359 e. The number of rotatable bonds is 6. The lowest BCUT2D eigenvalue weighted by Gasteiger charge is -2.05. The van der Waals surface area contributed by atoms with E-state index in [1.165, 1.54) is 6.20 Å². The Morgan fingerprint density at radius 1 is 1.28 bits per heavy atom. The first kappa shape index (κ1) is 13.6. The van der Waals surface area contributed by atoms with Crippen molar-refractivity contribution in [2.24, 2.45) is 0 Å². The summed E-state index contributed by atoms with van der Waals surface area (Å²) < 4.78 is 0. The van der Waals surface area contributed by atoms with Crippen molar-refractivity contribution in [1.29, 1.82) is 0 Å². The largest absolute Gasteiger partial charge is 0.359 e. The minimum atomic E-state index is -0.744. The zero-order chi connectivity index (χ0) is 13.2. The van der Waals surface area contributed by atoms with Crippen LogP contribution in [0.5, 0.6) is 0 Å². The number of carbonyl (C=O) groups is 3. The van der Waals surface area contributed by atoms with E-state index < -0.39 is 11.8 Å². The molecule has 0 unspecified atom stereocenters. The van der Waals surface area contributed by atoms with Gasteiger partial charge in [0.2, 0.25) is 6.41 Å². The van der Waals surface area contributed by atoms with Crippen LogP contribution in [-0.4, -0.2) is 36.3 Å². The molecule has 3 N–H and O–H groups in total. The van der Waals surface area contributed by atoms with Crippen LogP contribution in [0.1, 0.15) is 6.42 Å². The van der Waals surface area contributed by atoms with E-state index in [4.69, 9.17) is 0 Å². The van der Waals surface area contributed by atoms with E-state index in [0.717, 1.165) is 0 Å². The average molecular weight is 250 g/mol. The number of aromatic nitrogens is 1. The first-order valence-corrected chi connectivity index (χ1v) is 5.40. The van der Waals surface area contributed by atoms with Gasteiger partial charge in [0.05, 0.1) is 11.9 Å². The number of pyridine rings is 1. The third-order valence-electron chi connectivity index (χ3n) is 1.99. The molecular formula is C11H14N4O3. The number of hydrogen-bond acceptors (Lipinski definition) is 4. The molecule has 0 aliphatic carbocycles. The molecule has 0 spiro atoms. The molecule has 1 heterocycles. The number of nitrogens with one attached hydrogen (secondary N) is 3. The van der Waals surface area contributed by atoms with E-state index in [1.54, 1.807) is 18.3 Å². The fourth-order valence-corrected chi connectivity index (χ4v) is 1.16. The van der Waals surface area contributed by atoms with Gasteiger partial charge in [-0.15, -0.1) is 0 Å². The molecule has 0 saturated carbocycles. The summed E-state index contributed by atoms with van der Waals surface area (Å²) in [6, 6.07) is 3.28. The normalized spacial score (nSPS) is 9.33. The Morgan fingerprint density at radius 3 is 2.78 bits per heavy atom. The van der Waals surface area contributed by atoms with Crippen LogP contribution in [-0.2, 0) is 14.4 Å². The molecule has 0 radical (unpaired) electrons. The van der Waals surface area contributed by atoms with Crippen molar-refractivity contribution in [3.8, 4) is 0 Å². The molecule has 1 aromatic heterocycles. The molecule has 0 aliphatic rings. The zero-order valence-corrected chi connectivity index (χ0v) is 9.68. The van der Waals surface area contributed by atoms with Gasteiger partial charge in [-0.05, 0) is 18.6 Å². The highest BCUT2D eigenvalue weighted by atomic mass is 16.2. The third-order valence-corrected chi connectivity index (χ3v) is 1.99. The minimum absolute atomic E-state index is 0.320. The second-order valence-electron chi connectivity index (χ2n) is 3.38. The molecule has 0 bridgehead atoms.